The normalized spacial score (nSPS) is 11.5. The van der Waals surface area contributed by atoms with Crippen LogP contribution in [-0.4, -0.2) is 19.2 Å². The minimum absolute atomic E-state index is 0.0716. The van der Waals surface area contributed by atoms with E-state index >= 15 is 0 Å². The summed E-state index contributed by atoms with van der Waals surface area (Å²) in [7, 11) is 0. The van der Waals surface area contributed by atoms with E-state index in [1.165, 1.54) is 17.8 Å². The van der Waals surface area contributed by atoms with Gasteiger partial charge < -0.3 is 0 Å². The van der Waals surface area contributed by atoms with Crippen LogP contribution >= 0.6 is 23.4 Å². The van der Waals surface area contributed by atoms with Crippen molar-refractivity contribution in [1.82, 2.24) is 19.2 Å². The third-order valence-electron chi connectivity index (χ3n) is 4.62. The number of rotatable bonds is 6. The zero-order chi connectivity index (χ0) is 19.7. The van der Waals surface area contributed by atoms with Crippen molar-refractivity contribution in [2.75, 3.05) is 0 Å². The highest BCUT2D eigenvalue weighted by atomic mass is 35.5. The lowest BCUT2D eigenvalue weighted by Crippen LogP contribution is -2.23. The van der Waals surface area contributed by atoms with E-state index in [4.69, 9.17) is 11.6 Å². The molecule has 5 nitrogen and oxygen atoms in total. The number of aryl methyl sites for hydroxylation is 1. The van der Waals surface area contributed by atoms with Gasteiger partial charge in [-0.05, 0) is 30.7 Å². The standard InChI is InChI=1S/C20H18ClFN4OS/c1-2-3-11-25-18(27)13-7-4-5-10-17(13)26-19(25)23-24-20(26)28-12-14-15(21)8-6-9-16(14)22/h4-10H,2-3,11-12H2,1H3. The van der Waals surface area contributed by atoms with Crippen LogP contribution in [0.1, 0.15) is 25.3 Å². The number of benzene rings is 2. The summed E-state index contributed by atoms with van der Waals surface area (Å²) in [5, 5.41) is 10.1. The van der Waals surface area contributed by atoms with Crippen LogP contribution in [0, 0.1) is 5.82 Å². The van der Waals surface area contributed by atoms with Crippen molar-refractivity contribution in [3.63, 3.8) is 0 Å². The fraction of sp³-hybridized carbons (Fsp3) is 0.250. The Morgan fingerprint density at radius 2 is 1.96 bits per heavy atom. The van der Waals surface area contributed by atoms with Crippen LogP contribution in [-0.2, 0) is 12.3 Å². The summed E-state index contributed by atoms with van der Waals surface area (Å²) in [6, 6.07) is 12.0. The lowest BCUT2D eigenvalue weighted by molar-refractivity contribution is 0.617. The number of aromatic nitrogens is 4. The van der Waals surface area contributed by atoms with Crippen molar-refractivity contribution in [1.29, 1.82) is 0 Å². The van der Waals surface area contributed by atoms with Gasteiger partial charge in [-0.1, -0.05) is 54.9 Å². The zero-order valence-corrected chi connectivity index (χ0v) is 16.8. The minimum Gasteiger partial charge on any atom is -0.276 e. The second kappa shape index (κ2) is 7.93. The van der Waals surface area contributed by atoms with Gasteiger partial charge in [0.15, 0.2) is 5.16 Å². The smallest absolute Gasteiger partial charge is 0.262 e. The van der Waals surface area contributed by atoms with E-state index in [2.05, 4.69) is 17.1 Å². The van der Waals surface area contributed by atoms with E-state index in [9.17, 15) is 9.18 Å². The quantitative estimate of drug-likeness (QED) is 0.418. The topological polar surface area (TPSA) is 52.2 Å². The average Bonchev–Trinajstić information content (AvgIpc) is 3.11. The van der Waals surface area contributed by atoms with Crippen molar-refractivity contribution < 1.29 is 4.39 Å². The van der Waals surface area contributed by atoms with Crippen LogP contribution in [0.2, 0.25) is 5.02 Å². The van der Waals surface area contributed by atoms with Gasteiger partial charge in [0.1, 0.15) is 5.82 Å². The third kappa shape index (κ3) is 3.29. The summed E-state index contributed by atoms with van der Waals surface area (Å²) < 4.78 is 17.6. The van der Waals surface area contributed by atoms with Gasteiger partial charge in [-0.2, -0.15) is 0 Å². The summed E-state index contributed by atoms with van der Waals surface area (Å²) in [5.41, 5.74) is 1.09. The molecule has 144 valence electrons. The molecule has 4 aromatic rings. The van der Waals surface area contributed by atoms with E-state index in [-0.39, 0.29) is 11.4 Å². The molecule has 0 saturated heterocycles. The molecule has 0 saturated carbocycles. The SMILES string of the molecule is CCCCn1c(=O)c2ccccc2n2c(SCc3c(F)cccc3Cl)nnc12. The Bertz CT molecular complexity index is 1200. The van der Waals surface area contributed by atoms with Crippen LogP contribution in [0.15, 0.2) is 52.4 Å². The molecule has 0 aliphatic heterocycles. The van der Waals surface area contributed by atoms with E-state index in [0.29, 0.717) is 39.2 Å². The number of nitrogens with zero attached hydrogens (tertiary/aromatic N) is 4. The Morgan fingerprint density at radius 3 is 2.75 bits per heavy atom. The molecule has 0 radical (unpaired) electrons. The van der Waals surface area contributed by atoms with Crippen LogP contribution in [0.5, 0.6) is 0 Å². The molecule has 0 unspecified atom stereocenters. The summed E-state index contributed by atoms with van der Waals surface area (Å²) in [6.45, 7) is 2.65. The maximum Gasteiger partial charge on any atom is 0.262 e. The van der Waals surface area contributed by atoms with E-state index in [1.54, 1.807) is 16.7 Å². The highest BCUT2D eigenvalue weighted by Gasteiger charge is 2.17. The molecule has 28 heavy (non-hydrogen) atoms. The molecule has 0 N–H and O–H groups in total. The Morgan fingerprint density at radius 1 is 1.14 bits per heavy atom. The predicted octanol–water partition coefficient (Wildman–Crippen LogP) is 4.93. The molecule has 0 amide bonds. The molecule has 4 rings (SSSR count). The molecule has 0 spiro atoms. The van der Waals surface area contributed by atoms with Gasteiger partial charge in [0.2, 0.25) is 5.78 Å². The molecule has 0 aliphatic rings. The summed E-state index contributed by atoms with van der Waals surface area (Å²) in [4.78, 5) is 12.9. The second-order valence-corrected chi connectivity index (χ2v) is 7.78. The van der Waals surface area contributed by atoms with E-state index in [0.717, 1.165) is 18.4 Å². The van der Waals surface area contributed by atoms with E-state index in [1.807, 2.05) is 28.7 Å². The van der Waals surface area contributed by atoms with Crippen molar-refractivity contribution >= 4 is 40.0 Å². The lowest BCUT2D eigenvalue weighted by atomic mass is 10.2. The molecule has 2 aromatic heterocycles. The first-order valence-corrected chi connectivity index (χ1v) is 10.4. The number of fused-ring (bicyclic) bond motifs is 3. The second-order valence-electron chi connectivity index (χ2n) is 6.43. The van der Waals surface area contributed by atoms with Gasteiger partial charge >= 0.3 is 0 Å². The minimum atomic E-state index is -0.349. The summed E-state index contributed by atoms with van der Waals surface area (Å²) in [5.74, 6) is 0.465. The van der Waals surface area contributed by atoms with Crippen LogP contribution in [0.3, 0.4) is 0 Å². The first-order valence-electron chi connectivity index (χ1n) is 9.04. The van der Waals surface area contributed by atoms with Gasteiger partial charge in [0.05, 0.1) is 10.9 Å². The van der Waals surface area contributed by atoms with Gasteiger partial charge in [0, 0.05) is 22.9 Å². The first kappa shape index (κ1) is 19.0. The Balaban J connectivity index is 1.84. The Hall–Kier alpha value is -2.38. The summed E-state index contributed by atoms with van der Waals surface area (Å²) >= 11 is 7.49. The van der Waals surface area contributed by atoms with Gasteiger partial charge in [-0.15, -0.1) is 10.2 Å². The monoisotopic (exact) mass is 416 g/mol. The molecular formula is C20H18ClFN4OS. The number of hydrogen-bond donors (Lipinski definition) is 0. The molecule has 0 fully saturated rings. The molecule has 2 aromatic carbocycles. The Labute approximate surface area is 170 Å². The van der Waals surface area contributed by atoms with Crippen LogP contribution < -0.4 is 5.56 Å². The molecule has 0 atom stereocenters. The van der Waals surface area contributed by atoms with Crippen molar-refractivity contribution in [2.45, 2.75) is 37.2 Å². The number of hydrogen-bond acceptors (Lipinski definition) is 4. The van der Waals surface area contributed by atoms with Crippen LogP contribution in [0.4, 0.5) is 4.39 Å². The highest BCUT2D eigenvalue weighted by molar-refractivity contribution is 7.98. The Kier molecular flexibility index (Phi) is 5.37. The molecular weight excluding hydrogens is 399 g/mol. The molecule has 0 aliphatic carbocycles. The number of unbranched alkanes of at least 4 members (excludes halogenated alkanes) is 1. The maximum absolute atomic E-state index is 14.1. The highest BCUT2D eigenvalue weighted by Crippen LogP contribution is 2.29. The third-order valence-corrected chi connectivity index (χ3v) is 5.93. The lowest BCUT2D eigenvalue weighted by Gasteiger charge is -2.11. The largest absolute Gasteiger partial charge is 0.276 e. The maximum atomic E-state index is 14.1. The first-order chi connectivity index (χ1) is 13.6. The predicted molar refractivity (Wildman–Crippen MR) is 111 cm³/mol. The van der Waals surface area contributed by atoms with Gasteiger partial charge in [0.25, 0.3) is 5.56 Å². The zero-order valence-electron chi connectivity index (χ0n) is 15.2. The van der Waals surface area contributed by atoms with Crippen molar-refractivity contribution in [2.24, 2.45) is 0 Å². The fourth-order valence-corrected chi connectivity index (χ4v) is 4.44. The molecule has 8 heteroatoms. The number of thioether (sulfide) groups is 1. The average molecular weight is 417 g/mol. The van der Waals surface area contributed by atoms with Crippen molar-refractivity contribution in [3.05, 3.63) is 69.2 Å². The van der Waals surface area contributed by atoms with Gasteiger partial charge in [-0.25, -0.2) is 4.39 Å². The molecule has 0 bridgehead atoms. The van der Waals surface area contributed by atoms with E-state index < -0.39 is 0 Å². The number of halogens is 2. The fourth-order valence-electron chi connectivity index (χ4n) is 3.15. The van der Waals surface area contributed by atoms with Gasteiger partial charge in [-0.3, -0.25) is 13.8 Å². The van der Waals surface area contributed by atoms with Crippen LogP contribution in [0.25, 0.3) is 16.7 Å². The summed E-state index contributed by atoms with van der Waals surface area (Å²) in [6.07, 6.45) is 1.83. The molecule has 2 heterocycles. The number of para-hydroxylation sites is 1. The van der Waals surface area contributed by atoms with Crippen molar-refractivity contribution in [3.8, 4) is 0 Å².